The highest BCUT2D eigenvalue weighted by Crippen LogP contribution is 2.30. The van der Waals surface area contributed by atoms with Crippen molar-refractivity contribution in [1.29, 1.82) is 0 Å². The maximum atomic E-state index is 13.7. The van der Waals surface area contributed by atoms with Gasteiger partial charge in [0.25, 0.3) is 0 Å². The van der Waals surface area contributed by atoms with Crippen LogP contribution >= 0.6 is 11.8 Å². The van der Waals surface area contributed by atoms with E-state index in [9.17, 15) is 30.4 Å². The van der Waals surface area contributed by atoms with Crippen molar-refractivity contribution in [2.75, 3.05) is 5.75 Å². The van der Waals surface area contributed by atoms with E-state index in [0.29, 0.717) is 0 Å². The number of unbranched alkanes of at least 4 members (excludes halogenated alkanes) is 1. The van der Waals surface area contributed by atoms with Gasteiger partial charge in [0, 0.05) is 4.90 Å². The van der Waals surface area contributed by atoms with Crippen LogP contribution in [0.3, 0.4) is 0 Å². The fourth-order valence-corrected chi connectivity index (χ4v) is 3.96. The summed E-state index contributed by atoms with van der Waals surface area (Å²) in [7, 11) is -5.27. The van der Waals surface area contributed by atoms with E-state index < -0.39 is 44.1 Å². The average molecular weight is 412 g/mol. The summed E-state index contributed by atoms with van der Waals surface area (Å²) in [5.41, 5.74) is 0. The molecule has 3 nitrogen and oxygen atoms in total. The molecule has 0 amide bonds. The average Bonchev–Trinajstić information content (AvgIpc) is 2.59. The van der Waals surface area contributed by atoms with Crippen molar-refractivity contribution in [3.63, 3.8) is 0 Å². The molecule has 0 unspecified atom stereocenters. The summed E-state index contributed by atoms with van der Waals surface area (Å²) in [4.78, 5) is -1.23. The first-order valence-corrected chi connectivity index (χ1v) is 9.77. The molecule has 26 heavy (non-hydrogen) atoms. The minimum absolute atomic E-state index is 0.325. The van der Waals surface area contributed by atoms with Gasteiger partial charge in [-0.15, -0.1) is 11.8 Å². The summed E-state index contributed by atoms with van der Waals surface area (Å²) in [6.07, 6.45) is 1.99. The SMILES string of the molecule is CCCCSc1ccc(OS(=O)(=O)c2c(F)c(F)c(F)c(F)c2F)cc1. The summed E-state index contributed by atoms with van der Waals surface area (Å²) >= 11 is 1.51. The predicted molar refractivity (Wildman–Crippen MR) is 86.1 cm³/mol. The monoisotopic (exact) mass is 412 g/mol. The van der Waals surface area contributed by atoms with Crippen molar-refractivity contribution in [3.8, 4) is 5.75 Å². The molecule has 0 heterocycles. The highest BCUT2D eigenvalue weighted by molar-refractivity contribution is 7.99. The standard InChI is InChI=1S/C16H13F5O3S2/c1-2-3-8-25-10-6-4-9(5-7-10)24-26(22,23)16-14(20)12(18)11(17)13(19)15(16)21/h4-7H,2-3,8H2,1H3. The van der Waals surface area contributed by atoms with Crippen LogP contribution in [0.2, 0.25) is 0 Å². The van der Waals surface area contributed by atoms with E-state index in [1.165, 1.54) is 36.0 Å². The Bertz CT molecular complexity index is 870. The van der Waals surface area contributed by atoms with Gasteiger partial charge in [-0.3, -0.25) is 0 Å². The Morgan fingerprint density at radius 2 is 1.38 bits per heavy atom. The second-order valence-corrected chi connectivity index (χ2v) is 7.76. The summed E-state index contributed by atoms with van der Waals surface area (Å²) < 4.78 is 95.2. The van der Waals surface area contributed by atoms with Crippen molar-refractivity contribution < 1.29 is 34.6 Å². The normalized spacial score (nSPS) is 11.6. The number of benzene rings is 2. The van der Waals surface area contributed by atoms with Gasteiger partial charge in [-0.05, 0) is 36.4 Å². The van der Waals surface area contributed by atoms with Crippen LogP contribution in [0.5, 0.6) is 5.75 Å². The van der Waals surface area contributed by atoms with Gasteiger partial charge in [0.15, 0.2) is 28.2 Å². The number of hydrogen-bond acceptors (Lipinski definition) is 4. The topological polar surface area (TPSA) is 43.4 Å². The molecule has 0 saturated heterocycles. The highest BCUT2D eigenvalue weighted by atomic mass is 32.2. The van der Waals surface area contributed by atoms with Crippen LogP contribution in [0.1, 0.15) is 19.8 Å². The molecule has 142 valence electrons. The quantitative estimate of drug-likeness (QED) is 0.160. The highest BCUT2D eigenvalue weighted by Gasteiger charge is 2.35. The molecule has 0 bridgehead atoms. The molecule has 0 aliphatic heterocycles. The van der Waals surface area contributed by atoms with Crippen molar-refractivity contribution in [1.82, 2.24) is 0 Å². The number of halogens is 5. The molecule has 0 aromatic heterocycles. The van der Waals surface area contributed by atoms with Crippen LogP contribution in [0, 0.1) is 29.1 Å². The third-order valence-corrected chi connectivity index (χ3v) is 5.58. The first-order valence-electron chi connectivity index (χ1n) is 7.37. The van der Waals surface area contributed by atoms with E-state index in [0.717, 1.165) is 23.5 Å². The first-order chi connectivity index (χ1) is 12.2. The van der Waals surface area contributed by atoms with Gasteiger partial charge >= 0.3 is 10.1 Å². The molecular weight excluding hydrogens is 399 g/mol. The Hall–Kier alpha value is -1.81. The molecular formula is C16H13F5O3S2. The molecule has 0 fully saturated rings. The molecule has 2 aromatic rings. The largest absolute Gasteiger partial charge is 0.379 e. The zero-order valence-electron chi connectivity index (χ0n) is 13.4. The van der Waals surface area contributed by atoms with Crippen LogP contribution in [0.4, 0.5) is 22.0 Å². The van der Waals surface area contributed by atoms with Gasteiger partial charge < -0.3 is 4.18 Å². The second kappa shape index (κ2) is 8.26. The summed E-state index contributed by atoms with van der Waals surface area (Å²) in [5, 5.41) is 0. The summed E-state index contributed by atoms with van der Waals surface area (Å²) in [5.74, 6) is -11.6. The van der Waals surface area contributed by atoms with Gasteiger partial charge in [-0.1, -0.05) is 13.3 Å². The Labute approximate surface area is 151 Å². The molecule has 0 saturated carbocycles. The Morgan fingerprint density at radius 3 is 1.88 bits per heavy atom. The number of rotatable bonds is 7. The van der Waals surface area contributed by atoms with Crippen molar-refractivity contribution in [2.24, 2.45) is 0 Å². The third kappa shape index (κ3) is 4.29. The van der Waals surface area contributed by atoms with E-state index >= 15 is 0 Å². The lowest BCUT2D eigenvalue weighted by Crippen LogP contribution is -2.17. The molecule has 10 heteroatoms. The molecule has 0 N–H and O–H groups in total. The molecule has 0 atom stereocenters. The zero-order chi connectivity index (χ0) is 19.5. The Morgan fingerprint density at radius 1 is 0.885 bits per heavy atom. The molecule has 2 rings (SSSR count). The second-order valence-electron chi connectivity index (χ2n) is 5.11. The van der Waals surface area contributed by atoms with Crippen LogP contribution in [-0.2, 0) is 10.1 Å². The van der Waals surface area contributed by atoms with Gasteiger partial charge in [0.05, 0.1) is 0 Å². The zero-order valence-corrected chi connectivity index (χ0v) is 15.0. The van der Waals surface area contributed by atoms with Crippen molar-refractivity contribution in [3.05, 3.63) is 53.4 Å². The molecule has 0 spiro atoms. The van der Waals surface area contributed by atoms with Crippen LogP contribution < -0.4 is 4.18 Å². The van der Waals surface area contributed by atoms with Crippen molar-refractivity contribution >= 4 is 21.9 Å². The van der Waals surface area contributed by atoms with Gasteiger partial charge in [-0.2, -0.15) is 8.42 Å². The van der Waals surface area contributed by atoms with E-state index in [1.807, 2.05) is 6.92 Å². The lowest BCUT2D eigenvalue weighted by molar-refractivity contribution is 0.352. The van der Waals surface area contributed by atoms with Crippen LogP contribution in [-0.4, -0.2) is 14.2 Å². The minimum atomic E-state index is -5.27. The lowest BCUT2D eigenvalue weighted by Gasteiger charge is -2.10. The molecule has 0 radical (unpaired) electrons. The third-order valence-electron chi connectivity index (χ3n) is 3.22. The van der Waals surface area contributed by atoms with Gasteiger partial charge in [-0.25, -0.2) is 22.0 Å². The fourth-order valence-electron chi connectivity index (χ4n) is 1.90. The summed E-state index contributed by atoms with van der Waals surface area (Å²) in [6, 6.07) is 5.48. The predicted octanol–water partition coefficient (Wildman–Crippen LogP) is 5.04. The Balaban J connectivity index is 2.30. The number of hydrogen-bond donors (Lipinski definition) is 0. The molecule has 2 aromatic carbocycles. The Kier molecular flexibility index (Phi) is 6.51. The van der Waals surface area contributed by atoms with E-state index in [1.54, 1.807) is 0 Å². The van der Waals surface area contributed by atoms with E-state index in [-0.39, 0.29) is 5.75 Å². The summed E-state index contributed by atoms with van der Waals surface area (Å²) in [6.45, 7) is 2.03. The smallest absolute Gasteiger partial charge is 0.345 e. The molecule has 0 aliphatic rings. The van der Waals surface area contributed by atoms with Gasteiger partial charge in [0.1, 0.15) is 5.75 Å². The van der Waals surface area contributed by atoms with E-state index in [2.05, 4.69) is 4.18 Å². The fraction of sp³-hybridized carbons (Fsp3) is 0.250. The minimum Gasteiger partial charge on any atom is -0.379 e. The van der Waals surface area contributed by atoms with Crippen LogP contribution in [0.25, 0.3) is 0 Å². The lowest BCUT2D eigenvalue weighted by atomic mass is 10.3. The van der Waals surface area contributed by atoms with Crippen molar-refractivity contribution in [2.45, 2.75) is 29.6 Å². The molecule has 0 aliphatic carbocycles. The van der Waals surface area contributed by atoms with E-state index in [4.69, 9.17) is 0 Å². The maximum absolute atomic E-state index is 13.7. The maximum Gasteiger partial charge on any atom is 0.345 e. The number of thioether (sulfide) groups is 1. The first kappa shape index (κ1) is 20.5. The van der Waals surface area contributed by atoms with Gasteiger partial charge in [0.2, 0.25) is 5.82 Å². The van der Waals surface area contributed by atoms with Crippen LogP contribution in [0.15, 0.2) is 34.1 Å².